The Hall–Kier alpha value is -2.25. The predicted molar refractivity (Wildman–Crippen MR) is 63.0 cm³/mol. The van der Waals surface area contributed by atoms with Crippen molar-refractivity contribution >= 4 is 11.8 Å². The van der Waals surface area contributed by atoms with Gasteiger partial charge in [0.05, 0.1) is 18.4 Å². The van der Waals surface area contributed by atoms with Crippen molar-refractivity contribution in [3.8, 4) is 0 Å². The molecule has 1 aromatic rings. The molecule has 0 saturated carbocycles. The average molecular weight is 304 g/mol. The fourth-order valence-corrected chi connectivity index (χ4v) is 2.15. The van der Waals surface area contributed by atoms with Crippen molar-refractivity contribution in [1.29, 1.82) is 0 Å². The maximum absolute atomic E-state index is 13.2. The van der Waals surface area contributed by atoms with Crippen LogP contribution in [0.5, 0.6) is 0 Å². The average Bonchev–Trinajstić information content (AvgIpc) is 2.80. The topological polar surface area (TPSA) is 76.7 Å². The Labute approximate surface area is 117 Å². The lowest BCUT2D eigenvalue weighted by Crippen LogP contribution is -2.20. The molecule has 1 N–H and O–H groups in total. The molecule has 8 heteroatoms. The lowest BCUT2D eigenvalue weighted by Gasteiger charge is -2.14. The zero-order valence-electron chi connectivity index (χ0n) is 10.9. The van der Waals surface area contributed by atoms with Crippen LogP contribution in [-0.4, -0.2) is 23.5 Å². The highest BCUT2D eigenvalue weighted by Crippen LogP contribution is 2.41. The number of hydrogen-bond acceptors (Lipinski definition) is 5. The summed E-state index contributed by atoms with van der Waals surface area (Å²) in [5.41, 5.74) is -2.33. The number of fused-ring (bicyclic) bond motifs is 1. The number of hydrogen-bond donors (Lipinski definition) is 1. The third-order valence-electron chi connectivity index (χ3n) is 3.02. The molecule has 0 aliphatic heterocycles. The van der Waals surface area contributed by atoms with E-state index >= 15 is 0 Å². The molecule has 0 spiro atoms. The lowest BCUT2D eigenvalue weighted by atomic mass is 9.89. The van der Waals surface area contributed by atoms with Crippen LogP contribution in [0.2, 0.25) is 0 Å². The van der Waals surface area contributed by atoms with Gasteiger partial charge in [0.2, 0.25) is 5.76 Å². The molecule has 2 rings (SSSR count). The molecule has 1 aliphatic carbocycles. The number of ketones is 1. The number of carbonyl (C=O) groups is 2. The summed E-state index contributed by atoms with van der Waals surface area (Å²) in [6.07, 6.45) is -4.46. The summed E-state index contributed by atoms with van der Waals surface area (Å²) in [6, 6.07) is 0. The van der Waals surface area contributed by atoms with Crippen LogP contribution in [0, 0.1) is 0 Å². The van der Waals surface area contributed by atoms with Crippen LogP contribution in [-0.2, 0) is 17.3 Å². The Balaban J connectivity index is 2.66. The van der Waals surface area contributed by atoms with E-state index in [-0.39, 0.29) is 30.8 Å². The summed E-state index contributed by atoms with van der Waals surface area (Å²) in [7, 11) is 0. The Morgan fingerprint density at radius 3 is 2.62 bits per heavy atom. The third-order valence-corrected chi connectivity index (χ3v) is 3.02. The van der Waals surface area contributed by atoms with Gasteiger partial charge in [-0.05, 0) is 13.3 Å². The number of esters is 1. The molecular weight excluding hydrogens is 293 g/mol. The van der Waals surface area contributed by atoms with Gasteiger partial charge in [-0.25, -0.2) is 4.79 Å². The Bertz CT molecular complexity index is 624. The van der Waals surface area contributed by atoms with E-state index in [1.807, 2.05) is 0 Å². The van der Waals surface area contributed by atoms with Crippen molar-refractivity contribution in [3.63, 3.8) is 0 Å². The van der Waals surface area contributed by atoms with Crippen molar-refractivity contribution in [3.05, 3.63) is 34.5 Å². The van der Waals surface area contributed by atoms with E-state index < -0.39 is 34.8 Å². The van der Waals surface area contributed by atoms with Crippen LogP contribution < -0.4 is 0 Å². The number of rotatable bonds is 2. The lowest BCUT2D eigenvalue weighted by molar-refractivity contribution is -0.138. The van der Waals surface area contributed by atoms with Gasteiger partial charge in [-0.15, -0.1) is 0 Å². The van der Waals surface area contributed by atoms with Gasteiger partial charge in [-0.1, -0.05) is 0 Å². The number of halogens is 3. The van der Waals surface area contributed by atoms with Gasteiger partial charge in [0.1, 0.15) is 11.3 Å². The number of aryl methyl sites for hydroxylation is 1. The smallest absolute Gasteiger partial charge is 0.421 e. The number of ether oxygens (including phenoxy) is 1. The molecule has 5 nitrogen and oxygen atoms in total. The molecule has 0 saturated heterocycles. The third kappa shape index (κ3) is 2.53. The SMILES string of the molecule is CCOC(=O)c1oc2c(c1C(F)(F)F)C(=O)/C(=C\O)CC2. The highest BCUT2D eigenvalue weighted by atomic mass is 19.4. The summed E-state index contributed by atoms with van der Waals surface area (Å²) in [5, 5.41) is 8.89. The Kier molecular flexibility index (Phi) is 3.80. The zero-order chi connectivity index (χ0) is 15.8. The summed E-state index contributed by atoms with van der Waals surface area (Å²) >= 11 is 0. The first-order valence-corrected chi connectivity index (χ1v) is 6.09. The molecule has 21 heavy (non-hydrogen) atoms. The number of Topliss-reactive ketones (excluding diaryl/α,β-unsaturated/α-hetero) is 1. The van der Waals surface area contributed by atoms with Crippen LogP contribution in [0.15, 0.2) is 16.3 Å². The number of aliphatic hydroxyl groups is 1. The van der Waals surface area contributed by atoms with Crippen molar-refractivity contribution < 1.29 is 37.0 Å². The van der Waals surface area contributed by atoms with Gasteiger partial charge in [-0.2, -0.15) is 13.2 Å². The second-order valence-corrected chi connectivity index (χ2v) is 4.31. The second kappa shape index (κ2) is 5.27. The number of allylic oxidation sites excluding steroid dienone is 1. The van der Waals surface area contributed by atoms with Crippen LogP contribution in [0.1, 0.15) is 45.6 Å². The number of aliphatic hydroxyl groups excluding tert-OH is 1. The molecule has 0 fully saturated rings. The molecular formula is C13H11F3O5. The van der Waals surface area contributed by atoms with Crippen molar-refractivity contribution in [1.82, 2.24) is 0 Å². The normalized spacial score (nSPS) is 17.0. The first-order valence-electron chi connectivity index (χ1n) is 6.09. The molecule has 1 aliphatic rings. The highest BCUT2D eigenvalue weighted by molar-refractivity contribution is 6.12. The quantitative estimate of drug-likeness (QED) is 0.516. The van der Waals surface area contributed by atoms with Crippen molar-refractivity contribution in [2.24, 2.45) is 0 Å². The van der Waals surface area contributed by atoms with Crippen LogP contribution in [0.3, 0.4) is 0 Å². The van der Waals surface area contributed by atoms with Crippen molar-refractivity contribution in [2.75, 3.05) is 6.61 Å². The standard InChI is InChI=1S/C13H11F3O5/c1-2-20-12(19)11-9(13(14,15)16)8-7(21-11)4-3-6(5-17)10(8)18/h5,17H,2-4H2,1H3/b6-5-. The van der Waals surface area contributed by atoms with E-state index in [0.29, 0.717) is 6.26 Å². The van der Waals surface area contributed by atoms with Gasteiger partial charge < -0.3 is 14.3 Å². The zero-order valence-corrected chi connectivity index (χ0v) is 10.9. The van der Waals surface area contributed by atoms with E-state index in [1.54, 1.807) is 0 Å². The first kappa shape index (κ1) is 15.1. The van der Waals surface area contributed by atoms with Gasteiger partial charge in [-0.3, -0.25) is 4.79 Å². The molecule has 1 heterocycles. The Morgan fingerprint density at radius 1 is 1.43 bits per heavy atom. The minimum atomic E-state index is -4.95. The maximum atomic E-state index is 13.2. The van der Waals surface area contributed by atoms with Gasteiger partial charge in [0, 0.05) is 12.0 Å². The van der Waals surface area contributed by atoms with Gasteiger partial charge >= 0.3 is 12.1 Å². The molecule has 0 radical (unpaired) electrons. The first-order chi connectivity index (χ1) is 9.81. The van der Waals surface area contributed by atoms with E-state index in [1.165, 1.54) is 6.92 Å². The molecule has 1 aromatic heterocycles. The largest absolute Gasteiger partial charge is 0.515 e. The fourth-order valence-electron chi connectivity index (χ4n) is 2.15. The minimum Gasteiger partial charge on any atom is -0.515 e. The summed E-state index contributed by atoms with van der Waals surface area (Å²) in [5.74, 6) is -3.52. The predicted octanol–water partition coefficient (Wildman–Crippen LogP) is 3.05. The van der Waals surface area contributed by atoms with E-state index in [0.717, 1.165) is 0 Å². The fraction of sp³-hybridized carbons (Fsp3) is 0.385. The van der Waals surface area contributed by atoms with Gasteiger partial charge in [0.25, 0.3) is 0 Å². The van der Waals surface area contributed by atoms with Crippen molar-refractivity contribution in [2.45, 2.75) is 25.9 Å². The number of furan rings is 1. The van der Waals surface area contributed by atoms with E-state index in [4.69, 9.17) is 9.52 Å². The molecule has 0 bridgehead atoms. The van der Waals surface area contributed by atoms with Gasteiger partial charge in [0.15, 0.2) is 5.78 Å². The highest BCUT2D eigenvalue weighted by Gasteiger charge is 2.46. The number of carbonyl (C=O) groups excluding carboxylic acids is 2. The van der Waals surface area contributed by atoms with Crippen LogP contribution in [0.25, 0.3) is 0 Å². The monoisotopic (exact) mass is 304 g/mol. The second-order valence-electron chi connectivity index (χ2n) is 4.31. The maximum Gasteiger partial charge on any atom is 0.421 e. The van der Waals surface area contributed by atoms with E-state index in [9.17, 15) is 22.8 Å². The van der Waals surface area contributed by atoms with Crippen LogP contribution >= 0.6 is 0 Å². The Morgan fingerprint density at radius 2 is 2.10 bits per heavy atom. The molecule has 0 unspecified atom stereocenters. The molecule has 0 aromatic carbocycles. The van der Waals surface area contributed by atoms with Crippen LogP contribution in [0.4, 0.5) is 13.2 Å². The summed E-state index contributed by atoms with van der Waals surface area (Å²) in [6.45, 7) is 1.31. The summed E-state index contributed by atoms with van der Waals surface area (Å²) in [4.78, 5) is 23.6. The summed E-state index contributed by atoms with van der Waals surface area (Å²) < 4.78 is 49.0. The molecule has 0 atom stereocenters. The minimum absolute atomic E-state index is 0.0179. The number of alkyl halides is 3. The molecule has 114 valence electrons. The molecule has 0 amide bonds. The van der Waals surface area contributed by atoms with E-state index in [2.05, 4.69) is 4.74 Å².